The zero-order valence-electron chi connectivity index (χ0n) is 11.8. The number of amides is 1. The Kier molecular flexibility index (Phi) is 4.66. The van der Waals surface area contributed by atoms with Gasteiger partial charge in [-0.25, -0.2) is 4.39 Å². The minimum absolute atomic E-state index is 0.0658. The van der Waals surface area contributed by atoms with Gasteiger partial charge in [0.15, 0.2) is 0 Å². The summed E-state index contributed by atoms with van der Waals surface area (Å²) in [4.78, 5) is 14.3. The number of carbonyl (C=O) groups is 1. The summed E-state index contributed by atoms with van der Waals surface area (Å²) < 4.78 is 13.4. The Morgan fingerprint density at radius 3 is 2.90 bits per heavy atom. The Morgan fingerprint density at radius 2 is 2.25 bits per heavy atom. The van der Waals surface area contributed by atoms with Crippen molar-refractivity contribution in [3.8, 4) is 0 Å². The van der Waals surface area contributed by atoms with Crippen LogP contribution in [0.2, 0.25) is 5.02 Å². The van der Waals surface area contributed by atoms with Crippen LogP contribution in [0.1, 0.15) is 35.7 Å². The molecule has 0 aliphatic carbocycles. The van der Waals surface area contributed by atoms with Crippen LogP contribution >= 0.6 is 11.6 Å². The molecule has 1 aliphatic rings. The van der Waals surface area contributed by atoms with Crippen molar-refractivity contribution in [1.29, 1.82) is 0 Å². The van der Waals surface area contributed by atoms with E-state index in [0.717, 1.165) is 12.8 Å². The maximum Gasteiger partial charge on any atom is 0.255 e. The SMILES string of the molecule is Cc1cc(C(=O)N2CCC[C@H]([C@@H](C)N)C2)c(Cl)cc1F. The van der Waals surface area contributed by atoms with Crippen LogP contribution in [0.15, 0.2) is 12.1 Å². The van der Waals surface area contributed by atoms with E-state index in [2.05, 4.69) is 0 Å². The van der Waals surface area contributed by atoms with E-state index < -0.39 is 5.82 Å². The van der Waals surface area contributed by atoms with Gasteiger partial charge in [-0.3, -0.25) is 4.79 Å². The van der Waals surface area contributed by atoms with E-state index in [1.54, 1.807) is 11.8 Å². The Morgan fingerprint density at radius 1 is 1.55 bits per heavy atom. The summed E-state index contributed by atoms with van der Waals surface area (Å²) in [6, 6.07) is 2.79. The van der Waals surface area contributed by atoms with Gasteiger partial charge in [0, 0.05) is 19.1 Å². The lowest BCUT2D eigenvalue weighted by Gasteiger charge is -2.34. The molecular formula is C15H20ClFN2O. The summed E-state index contributed by atoms with van der Waals surface area (Å²) in [7, 11) is 0. The number of rotatable bonds is 2. The Balaban J connectivity index is 2.21. The van der Waals surface area contributed by atoms with Crippen molar-refractivity contribution in [3.63, 3.8) is 0 Å². The number of halogens is 2. The molecule has 1 heterocycles. The van der Waals surface area contributed by atoms with Crippen LogP contribution in [-0.4, -0.2) is 29.9 Å². The van der Waals surface area contributed by atoms with Gasteiger partial charge in [-0.15, -0.1) is 0 Å². The zero-order chi connectivity index (χ0) is 14.9. The van der Waals surface area contributed by atoms with Crippen LogP contribution in [0.3, 0.4) is 0 Å². The van der Waals surface area contributed by atoms with E-state index >= 15 is 0 Å². The second-order valence-electron chi connectivity index (χ2n) is 5.59. The number of hydrogen-bond acceptors (Lipinski definition) is 2. The molecule has 20 heavy (non-hydrogen) atoms. The molecule has 0 bridgehead atoms. The van der Waals surface area contributed by atoms with Crippen LogP contribution in [0.4, 0.5) is 4.39 Å². The van der Waals surface area contributed by atoms with Gasteiger partial charge < -0.3 is 10.6 Å². The summed E-state index contributed by atoms with van der Waals surface area (Å²) in [6.07, 6.45) is 1.98. The average molecular weight is 299 g/mol. The standard InChI is InChI=1S/C15H20ClFN2O/c1-9-6-12(13(16)7-14(9)17)15(20)19-5-3-4-11(8-19)10(2)18/h6-7,10-11H,3-5,8,18H2,1-2H3/t10-,11+/m1/s1. The summed E-state index contributed by atoms with van der Waals surface area (Å²) >= 11 is 6.00. The van der Waals surface area contributed by atoms with Crippen molar-refractivity contribution in [2.24, 2.45) is 11.7 Å². The van der Waals surface area contributed by atoms with E-state index in [1.165, 1.54) is 12.1 Å². The van der Waals surface area contributed by atoms with Crippen molar-refractivity contribution in [2.45, 2.75) is 32.7 Å². The first-order chi connectivity index (χ1) is 9.40. The molecule has 0 saturated carbocycles. The van der Waals surface area contributed by atoms with Crippen molar-refractivity contribution in [2.75, 3.05) is 13.1 Å². The summed E-state index contributed by atoms with van der Waals surface area (Å²) in [6.45, 7) is 4.94. The number of benzene rings is 1. The van der Waals surface area contributed by atoms with Crippen LogP contribution in [-0.2, 0) is 0 Å². The molecule has 1 aromatic carbocycles. The highest BCUT2D eigenvalue weighted by atomic mass is 35.5. The van der Waals surface area contributed by atoms with Gasteiger partial charge in [0.2, 0.25) is 0 Å². The highest BCUT2D eigenvalue weighted by molar-refractivity contribution is 6.33. The number of carbonyl (C=O) groups excluding carboxylic acids is 1. The predicted octanol–water partition coefficient (Wildman–Crippen LogP) is 2.99. The largest absolute Gasteiger partial charge is 0.338 e. The third-order valence-electron chi connectivity index (χ3n) is 3.97. The normalized spacial score (nSPS) is 20.9. The number of aryl methyl sites for hydroxylation is 1. The topological polar surface area (TPSA) is 46.3 Å². The number of nitrogens with zero attached hydrogens (tertiary/aromatic N) is 1. The van der Waals surface area contributed by atoms with E-state index in [-0.39, 0.29) is 17.0 Å². The smallest absolute Gasteiger partial charge is 0.255 e. The minimum atomic E-state index is -0.390. The Labute approximate surface area is 123 Å². The van der Waals surface area contributed by atoms with Crippen LogP contribution in [0, 0.1) is 18.7 Å². The van der Waals surface area contributed by atoms with Crippen molar-refractivity contribution in [3.05, 3.63) is 34.1 Å². The fraction of sp³-hybridized carbons (Fsp3) is 0.533. The summed E-state index contributed by atoms with van der Waals surface area (Å²) in [5.74, 6) is -0.213. The molecule has 110 valence electrons. The monoisotopic (exact) mass is 298 g/mol. The highest BCUT2D eigenvalue weighted by Gasteiger charge is 2.27. The molecule has 0 radical (unpaired) electrons. The third kappa shape index (κ3) is 3.13. The van der Waals surface area contributed by atoms with Crippen molar-refractivity contribution >= 4 is 17.5 Å². The Bertz CT molecular complexity index is 519. The first kappa shape index (κ1) is 15.3. The molecule has 0 unspecified atom stereocenters. The maximum atomic E-state index is 13.4. The fourth-order valence-electron chi connectivity index (χ4n) is 2.62. The molecule has 3 nitrogen and oxygen atoms in total. The van der Waals surface area contributed by atoms with Gasteiger partial charge in [-0.2, -0.15) is 0 Å². The first-order valence-electron chi connectivity index (χ1n) is 6.90. The first-order valence-corrected chi connectivity index (χ1v) is 7.28. The maximum absolute atomic E-state index is 13.4. The van der Waals surface area contributed by atoms with Crippen LogP contribution < -0.4 is 5.73 Å². The summed E-state index contributed by atoms with van der Waals surface area (Å²) in [5, 5.41) is 0.168. The van der Waals surface area contributed by atoms with E-state index in [0.29, 0.717) is 30.1 Å². The lowest BCUT2D eigenvalue weighted by Crippen LogP contribution is -2.45. The average Bonchev–Trinajstić information content (AvgIpc) is 2.42. The molecule has 2 N–H and O–H groups in total. The number of piperidine rings is 1. The van der Waals surface area contributed by atoms with Crippen molar-refractivity contribution < 1.29 is 9.18 Å². The van der Waals surface area contributed by atoms with Gasteiger partial charge in [0.25, 0.3) is 5.91 Å². The van der Waals surface area contributed by atoms with Gasteiger partial charge in [-0.1, -0.05) is 11.6 Å². The lowest BCUT2D eigenvalue weighted by atomic mass is 9.92. The molecule has 0 spiro atoms. The van der Waals surface area contributed by atoms with E-state index in [4.69, 9.17) is 17.3 Å². The number of hydrogen-bond donors (Lipinski definition) is 1. The van der Waals surface area contributed by atoms with Crippen LogP contribution in [0.25, 0.3) is 0 Å². The predicted molar refractivity (Wildman–Crippen MR) is 78.4 cm³/mol. The molecule has 1 aromatic rings. The van der Waals surface area contributed by atoms with Crippen molar-refractivity contribution in [1.82, 2.24) is 4.90 Å². The number of likely N-dealkylation sites (tertiary alicyclic amines) is 1. The highest BCUT2D eigenvalue weighted by Crippen LogP contribution is 2.25. The minimum Gasteiger partial charge on any atom is -0.338 e. The summed E-state index contributed by atoms with van der Waals surface area (Å²) in [5.41, 5.74) is 6.73. The zero-order valence-corrected chi connectivity index (χ0v) is 12.6. The fourth-order valence-corrected chi connectivity index (χ4v) is 2.85. The lowest BCUT2D eigenvalue weighted by molar-refractivity contribution is 0.0661. The molecule has 2 rings (SSSR count). The van der Waals surface area contributed by atoms with Gasteiger partial charge in [0.1, 0.15) is 5.82 Å². The molecule has 5 heteroatoms. The molecule has 0 aromatic heterocycles. The van der Waals surface area contributed by atoms with E-state index in [1.807, 2.05) is 6.92 Å². The van der Waals surface area contributed by atoms with Crippen LogP contribution in [0.5, 0.6) is 0 Å². The van der Waals surface area contributed by atoms with Gasteiger partial charge in [0.05, 0.1) is 10.6 Å². The molecule has 1 fully saturated rings. The number of nitrogens with two attached hydrogens (primary N) is 1. The second-order valence-corrected chi connectivity index (χ2v) is 6.00. The molecular weight excluding hydrogens is 279 g/mol. The quantitative estimate of drug-likeness (QED) is 0.912. The molecule has 1 amide bonds. The molecule has 1 aliphatic heterocycles. The molecule has 1 saturated heterocycles. The van der Waals surface area contributed by atoms with Gasteiger partial charge in [-0.05, 0) is 50.3 Å². The van der Waals surface area contributed by atoms with E-state index in [9.17, 15) is 9.18 Å². The Hall–Kier alpha value is -1.13. The second kappa shape index (κ2) is 6.10. The van der Waals surface area contributed by atoms with Gasteiger partial charge >= 0.3 is 0 Å². The third-order valence-corrected chi connectivity index (χ3v) is 4.28. The molecule has 2 atom stereocenters.